The number of phenols is 1. The highest BCUT2D eigenvalue weighted by molar-refractivity contribution is 6.33. The highest BCUT2D eigenvalue weighted by Crippen LogP contribution is 2.34. The van der Waals surface area contributed by atoms with Crippen LogP contribution in [0.15, 0.2) is 30.3 Å². The molecule has 0 saturated heterocycles. The molecule has 0 aromatic heterocycles. The van der Waals surface area contributed by atoms with Crippen molar-refractivity contribution in [2.24, 2.45) is 0 Å². The fourth-order valence-corrected chi connectivity index (χ4v) is 2.29. The van der Waals surface area contributed by atoms with Gasteiger partial charge in [0, 0.05) is 29.3 Å². The van der Waals surface area contributed by atoms with Crippen molar-refractivity contribution in [2.75, 3.05) is 19.5 Å². The number of ether oxygens (including phenoxy) is 2. The molecule has 0 bridgehead atoms. The molecule has 0 saturated carbocycles. The van der Waals surface area contributed by atoms with Crippen LogP contribution >= 0.6 is 23.2 Å². The summed E-state index contributed by atoms with van der Waals surface area (Å²) in [5.74, 6) is 1.07. The van der Waals surface area contributed by atoms with Crippen LogP contribution in [-0.4, -0.2) is 19.3 Å². The maximum Gasteiger partial charge on any atom is 0.162 e. The van der Waals surface area contributed by atoms with Gasteiger partial charge in [0.05, 0.1) is 24.9 Å². The van der Waals surface area contributed by atoms with Gasteiger partial charge in [0.15, 0.2) is 11.5 Å². The molecule has 0 aliphatic rings. The summed E-state index contributed by atoms with van der Waals surface area (Å²) in [6.45, 7) is 0.343. The highest BCUT2D eigenvalue weighted by Gasteiger charge is 2.11. The van der Waals surface area contributed by atoms with E-state index >= 15 is 0 Å². The van der Waals surface area contributed by atoms with Crippen LogP contribution in [0.5, 0.6) is 17.2 Å². The Bertz CT molecular complexity index is 647. The Kier molecular flexibility index (Phi) is 5.04. The minimum atomic E-state index is 0.0495. The average Bonchev–Trinajstić information content (AvgIpc) is 2.49. The van der Waals surface area contributed by atoms with E-state index in [9.17, 15) is 5.11 Å². The molecule has 2 N–H and O–H groups in total. The van der Waals surface area contributed by atoms with Gasteiger partial charge >= 0.3 is 0 Å². The fraction of sp³-hybridized carbons (Fsp3) is 0.200. The minimum absolute atomic E-state index is 0.0495. The minimum Gasteiger partial charge on any atom is -0.504 e. The van der Waals surface area contributed by atoms with Crippen molar-refractivity contribution in [3.8, 4) is 17.2 Å². The zero-order chi connectivity index (χ0) is 15.4. The lowest BCUT2D eigenvalue weighted by molar-refractivity contribution is 0.371. The van der Waals surface area contributed by atoms with Crippen molar-refractivity contribution in [3.05, 3.63) is 45.9 Å². The summed E-state index contributed by atoms with van der Waals surface area (Å²) in [6, 6.07) is 8.51. The summed E-state index contributed by atoms with van der Waals surface area (Å²) in [7, 11) is 3.06. The van der Waals surface area contributed by atoms with E-state index in [1.54, 1.807) is 37.4 Å². The van der Waals surface area contributed by atoms with Crippen molar-refractivity contribution in [1.82, 2.24) is 0 Å². The molecule has 0 unspecified atom stereocenters. The molecule has 2 rings (SSSR count). The van der Waals surface area contributed by atoms with E-state index in [1.807, 2.05) is 0 Å². The molecular weight excluding hydrogens is 313 g/mol. The summed E-state index contributed by atoms with van der Waals surface area (Å²) in [6.07, 6.45) is 0. The Balaban J connectivity index is 2.22. The van der Waals surface area contributed by atoms with Crippen LogP contribution in [0.2, 0.25) is 10.0 Å². The molecule has 0 heterocycles. The first-order chi connectivity index (χ1) is 10.0. The van der Waals surface area contributed by atoms with Gasteiger partial charge in [0.2, 0.25) is 0 Å². The molecule has 0 aliphatic heterocycles. The average molecular weight is 328 g/mol. The van der Waals surface area contributed by atoms with E-state index in [2.05, 4.69) is 5.32 Å². The van der Waals surface area contributed by atoms with Crippen LogP contribution < -0.4 is 14.8 Å². The number of anilines is 1. The Labute approximate surface area is 133 Å². The maximum atomic E-state index is 10.1. The molecule has 2 aromatic rings. The van der Waals surface area contributed by atoms with Gasteiger partial charge in [-0.2, -0.15) is 0 Å². The second kappa shape index (κ2) is 6.78. The molecule has 21 heavy (non-hydrogen) atoms. The zero-order valence-corrected chi connectivity index (χ0v) is 13.1. The van der Waals surface area contributed by atoms with Gasteiger partial charge in [-0.15, -0.1) is 0 Å². The molecule has 0 aliphatic carbocycles. The number of hydrogen-bond acceptors (Lipinski definition) is 4. The van der Waals surface area contributed by atoms with Crippen molar-refractivity contribution >= 4 is 28.9 Å². The molecule has 0 amide bonds. The van der Waals surface area contributed by atoms with Crippen LogP contribution in [0.1, 0.15) is 5.56 Å². The third-order valence-corrected chi connectivity index (χ3v) is 3.53. The number of aromatic hydroxyl groups is 1. The number of hydrogen-bond donors (Lipinski definition) is 2. The standard InChI is InChI=1S/C15H15Cl2NO3/c1-20-11-3-4-12(17)13(7-11)18-8-9-5-10(16)6-14(21-2)15(9)19/h3-7,18-19H,8H2,1-2H3. The molecule has 4 nitrogen and oxygen atoms in total. The van der Waals surface area contributed by atoms with Crippen LogP contribution in [0.4, 0.5) is 5.69 Å². The van der Waals surface area contributed by atoms with Gasteiger partial charge in [-0.3, -0.25) is 0 Å². The van der Waals surface area contributed by atoms with Crippen molar-refractivity contribution in [2.45, 2.75) is 6.54 Å². The summed E-state index contributed by atoms with van der Waals surface area (Å²) in [5.41, 5.74) is 1.31. The monoisotopic (exact) mass is 327 g/mol. The topological polar surface area (TPSA) is 50.7 Å². The van der Waals surface area contributed by atoms with Gasteiger partial charge in [-0.1, -0.05) is 23.2 Å². The predicted molar refractivity (Wildman–Crippen MR) is 85.0 cm³/mol. The van der Waals surface area contributed by atoms with Crippen LogP contribution in [0.25, 0.3) is 0 Å². The van der Waals surface area contributed by atoms with Gasteiger partial charge < -0.3 is 19.9 Å². The van der Waals surface area contributed by atoms with Crippen LogP contribution in [0.3, 0.4) is 0 Å². The largest absolute Gasteiger partial charge is 0.504 e. The second-order valence-electron chi connectivity index (χ2n) is 4.32. The Morgan fingerprint density at radius 2 is 1.86 bits per heavy atom. The quantitative estimate of drug-likeness (QED) is 0.858. The molecule has 0 radical (unpaired) electrons. The lowest BCUT2D eigenvalue weighted by atomic mass is 10.1. The number of halogens is 2. The first-order valence-electron chi connectivity index (χ1n) is 6.18. The Hall–Kier alpha value is -1.78. The Morgan fingerprint density at radius 3 is 2.52 bits per heavy atom. The SMILES string of the molecule is COc1ccc(Cl)c(NCc2cc(Cl)cc(OC)c2O)c1. The maximum absolute atomic E-state index is 10.1. The van der Waals surface area contributed by atoms with Gasteiger partial charge in [0.25, 0.3) is 0 Å². The van der Waals surface area contributed by atoms with E-state index < -0.39 is 0 Å². The van der Waals surface area contributed by atoms with Gasteiger partial charge in [0.1, 0.15) is 5.75 Å². The predicted octanol–water partition coefficient (Wildman–Crippen LogP) is 4.33. The third kappa shape index (κ3) is 3.65. The first-order valence-corrected chi connectivity index (χ1v) is 6.93. The number of nitrogens with one attached hydrogen (secondary N) is 1. The number of rotatable bonds is 5. The highest BCUT2D eigenvalue weighted by atomic mass is 35.5. The molecule has 6 heteroatoms. The van der Waals surface area contributed by atoms with E-state index in [1.165, 1.54) is 7.11 Å². The molecular formula is C15H15Cl2NO3. The van der Waals surface area contributed by atoms with E-state index in [-0.39, 0.29) is 5.75 Å². The summed E-state index contributed by atoms with van der Waals surface area (Å²) < 4.78 is 10.2. The van der Waals surface area contributed by atoms with E-state index in [4.69, 9.17) is 32.7 Å². The van der Waals surface area contributed by atoms with Gasteiger partial charge in [-0.05, 0) is 18.2 Å². The Morgan fingerprint density at radius 1 is 1.10 bits per heavy atom. The van der Waals surface area contributed by atoms with Gasteiger partial charge in [-0.25, -0.2) is 0 Å². The van der Waals surface area contributed by atoms with Crippen molar-refractivity contribution < 1.29 is 14.6 Å². The lowest BCUT2D eigenvalue weighted by Gasteiger charge is -2.13. The molecule has 112 valence electrons. The number of phenolic OH excluding ortho intramolecular Hbond substituents is 1. The van der Waals surface area contributed by atoms with E-state index in [0.29, 0.717) is 39.3 Å². The van der Waals surface area contributed by atoms with Crippen LogP contribution in [-0.2, 0) is 6.54 Å². The third-order valence-electron chi connectivity index (χ3n) is 2.98. The van der Waals surface area contributed by atoms with Crippen molar-refractivity contribution in [1.29, 1.82) is 0 Å². The summed E-state index contributed by atoms with van der Waals surface area (Å²) in [4.78, 5) is 0. The molecule has 0 spiro atoms. The number of methoxy groups -OCH3 is 2. The van der Waals surface area contributed by atoms with Crippen LogP contribution in [0, 0.1) is 0 Å². The smallest absolute Gasteiger partial charge is 0.162 e. The molecule has 0 fully saturated rings. The fourth-order valence-electron chi connectivity index (χ4n) is 1.88. The summed E-state index contributed by atoms with van der Waals surface area (Å²) in [5, 5.41) is 14.3. The summed E-state index contributed by atoms with van der Waals surface area (Å²) >= 11 is 12.1. The lowest BCUT2D eigenvalue weighted by Crippen LogP contribution is -2.01. The second-order valence-corrected chi connectivity index (χ2v) is 5.16. The molecule has 2 aromatic carbocycles. The first kappa shape index (κ1) is 15.6. The van der Waals surface area contributed by atoms with E-state index in [0.717, 1.165) is 0 Å². The zero-order valence-electron chi connectivity index (χ0n) is 11.6. The molecule has 0 atom stereocenters. The number of benzene rings is 2. The normalized spacial score (nSPS) is 10.3. The van der Waals surface area contributed by atoms with Crippen molar-refractivity contribution in [3.63, 3.8) is 0 Å².